The van der Waals surface area contributed by atoms with E-state index in [1.807, 2.05) is 26.0 Å². The van der Waals surface area contributed by atoms with E-state index in [1.165, 1.54) is 0 Å². The van der Waals surface area contributed by atoms with Crippen LogP contribution in [0, 0.1) is 12.8 Å². The third kappa shape index (κ3) is 5.48. The molecule has 164 valence electrons. The van der Waals surface area contributed by atoms with Crippen LogP contribution in [0.15, 0.2) is 16.9 Å². The van der Waals surface area contributed by atoms with Crippen molar-refractivity contribution in [3.63, 3.8) is 0 Å². The summed E-state index contributed by atoms with van der Waals surface area (Å²) in [5.74, 6) is 0.266. The Balaban J connectivity index is 1.76. The Morgan fingerprint density at radius 3 is 2.45 bits per heavy atom. The molecular formula is C21H34N2O5S. The Hall–Kier alpha value is -1.22. The first-order chi connectivity index (χ1) is 13.5. The topological polar surface area (TPSA) is 97.6 Å². The van der Waals surface area contributed by atoms with Gasteiger partial charge in [0.05, 0.1) is 30.6 Å². The predicted octanol–water partition coefficient (Wildman–Crippen LogP) is 1.91. The number of aliphatic hydroxyl groups is 1. The van der Waals surface area contributed by atoms with E-state index in [-0.39, 0.29) is 29.7 Å². The molecule has 8 heteroatoms. The van der Waals surface area contributed by atoms with Gasteiger partial charge in [0.1, 0.15) is 0 Å². The fraction of sp³-hybridized carbons (Fsp3) is 0.762. The van der Waals surface area contributed by atoms with Gasteiger partial charge in [-0.15, -0.1) is 0 Å². The molecule has 3 rings (SSSR count). The van der Waals surface area contributed by atoms with E-state index in [2.05, 4.69) is 4.72 Å². The highest BCUT2D eigenvalue weighted by atomic mass is 32.2. The molecule has 1 aliphatic heterocycles. The average molecular weight is 427 g/mol. The summed E-state index contributed by atoms with van der Waals surface area (Å²) in [6.45, 7) is 5.78. The minimum absolute atomic E-state index is 0.0679. The van der Waals surface area contributed by atoms with Gasteiger partial charge in [0, 0.05) is 17.3 Å². The minimum atomic E-state index is -3.40. The van der Waals surface area contributed by atoms with Gasteiger partial charge >= 0.3 is 0 Å². The predicted molar refractivity (Wildman–Crippen MR) is 113 cm³/mol. The molecule has 0 radical (unpaired) electrons. The Kier molecular flexibility index (Phi) is 6.58. The number of fused-ring (bicyclic) bond motifs is 1. The van der Waals surface area contributed by atoms with Crippen LogP contribution in [0.25, 0.3) is 0 Å². The number of aryl methyl sites for hydroxylation is 2. The van der Waals surface area contributed by atoms with Gasteiger partial charge < -0.3 is 14.4 Å². The third-order valence-electron chi connectivity index (χ3n) is 6.44. The van der Waals surface area contributed by atoms with Crippen molar-refractivity contribution in [3.8, 4) is 0 Å². The van der Waals surface area contributed by atoms with Gasteiger partial charge in [-0.1, -0.05) is 6.07 Å². The number of nitrogens with zero attached hydrogens (tertiary/aromatic N) is 1. The highest BCUT2D eigenvalue weighted by Crippen LogP contribution is 2.34. The number of aromatic nitrogens is 1. The van der Waals surface area contributed by atoms with Gasteiger partial charge in [-0.2, -0.15) is 0 Å². The van der Waals surface area contributed by atoms with Crippen LogP contribution in [-0.2, 0) is 21.2 Å². The van der Waals surface area contributed by atoms with Crippen molar-refractivity contribution in [3.05, 3.63) is 33.7 Å². The number of rotatable bonds is 6. The summed E-state index contributed by atoms with van der Waals surface area (Å²) in [5, 5.41) is 10.2. The van der Waals surface area contributed by atoms with Crippen molar-refractivity contribution >= 4 is 10.0 Å². The van der Waals surface area contributed by atoms with Crippen molar-refractivity contribution in [2.24, 2.45) is 5.92 Å². The first-order valence-electron chi connectivity index (χ1n) is 10.5. The second-order valence-electron chi connectivity index (χ2n) is 9.25. The van der Waals surface area contributed by atoms with Crippen LogP contribution in [0.1, 0.15) is 63.3 Å². The molecule has 0 bridgehead atoms. The molecule has 1 aromatic rings. The van der Waals surface area contributed by atoms with Crippen molar-refractivity contribution in [1.29, 1.82) is 0 Å². The van der Waals surface area contributed by atoms with Crippen LogP contribution in [0.5, 0.6) is 0 Å². The van der Waals surface area contributed by atoms with E-state index in [1.54, 1.807) is 11.5 Å². The highest BCUT2D eigenvalue weighted by molar-refractivity contribution is 7.88. The van der Waals surface area contributed by atoms with Crippen LogP contribution in [0.3, 0.4) is 0 Å². The quantitative estimate of drug-likeness (QED) is 0.724. The van der Waals surface area contributed by atoms with Crippen molar-refractivity contribution in [2.75, 3.05) is 12.9 Å². The summed E-state index contributed by atoms with van der Waals surface area (Å²) in [5.41, 5.74) is 0.806. The molecule has 0 spiro atoms. The molecule has 1 aliphatic carbocycles. The zero-order valence-electron chi connectivity index (χ0n) is 17.8. The SMILES string of the molecule is Cc1ccc2n(c1=O)C(COC1CCC(C(C)(C)O)CC1)C(NS(C)(=O)=O)CC2. The lowest BCUT2D eigenvalue weighted by Gasteiger charge is -2.38. The maximum absolute atomic E-state index is 12.8. The number of sulfonamides is 1. The van der Waals surface area contributed by atoms with Gasteiger partial charge in [-0.25, -0.2) is 13.1 Å². The Labute approximate surface area is 173 Å². The lowest BCUT2D eigenvalue weighted by atomic mass is 9.78. The Morgan fingerprint density at radius 2 is 1.86 bits per heavy atom. The third-order valence-corrected chi connectivity index (χ3v) is 7.17. The molecule has 0 amide bonds. The minimum Gasteiger partial charge on any atom is -0.390 e. The summed E-state index contributed by atoms with van der Waals surface area (Å²) in [6, 6.07) is 3.04. The number of hydrogen-bond acceptors (Lipinski definition) is 5. The molecule has 1 saturated carbocycles. The van der Waals surface area contributed by atoms with Gasteiger partial charge in [-0.3, -0.25) is 4.79 Å². The first kappa shape index (κ1) is 22.5. The summed E-state index contributed by atoms with van der Waals surface area (Å²) in [4.78, 5) is 12.8. The van der Waals surface area contributed by atoms with Crippen molar-refractivity contribution in [2.45, 2.75) is 83.1 Å². The summed E-state index contributed by atoms with van der Waals surface area (Å²) in [7, 11) is -3.40. The number of ether oxygens (including phenoxy) is 1. The molecule has 2 heterocycles. The van der Waals surface area contributed by atoms with Gasteiger partial charge in [0.2, 0.25) is 10.0 Å². The summed E-state index contributed by atoms with van der Waals surface area (Å²) in [6.07, 6.45) is 6.03. The fourth-order valence-corrected chi connectivity index (χ4v) is 5.53. The molecule has 2 N–H and O–H groups in total. The molecule has 29 heavy (non-hydrogen) atoms. The zero-order chi connectivity index (χ0) is 21.4. The molecular weight excluding hydrogens is 392 g/mol. The molecule has 0 aromatic carbocycles. The van der Waals surface area contributed by atoms with Crippen LogP contribution < -0.4 is 10.3 Å². The normalized spacial score (nSPS) is 28.2. The lowest BCUT2D eigenvalue weighted by Crippen LogP contribution is -2.49. The molecule has 1 fully saturated rings. The molecule has 1 aromatic heterocycles. The second-order valence-corrected chi connectivity index (χ2v) is 11.0. The maximum Gasteiger partial charge on any atom is 0.254 e. The van der Waals surface area contributed by atoms with E-state index >= 15 is 0 Å². The van der Waals surface area contributed by atoms with Crippen molar-refractivity contribution < 1.29 is 18.3 Å². The fourth-order valence-electron chi connectivity index (χ4n) is 4.71. The number of nitrogens with one attached hydrogen (secondary N) is 1. The standard InChI is InChI=1S/C21H34N2O5S/c1-14-5-8-16-9-12-18(22-29(4,26)27)19(23(16)20(14)24)13-28-17-10-6-15(7-11-17)21(2,3)25/h5,8,15,17-19,22,25H,6-7,9-13H2,1-4H3. The smallest absolute Gasteiger partial charge is 0.254 e. The molecule has 2 atom stereocenters. The van der Waals surface area contributed by atoms with E-state index in [0.29, 0.717) is 25.0 Å². The van der Waals surface area contributed by atoms with Crippen molar-refractivity contribution in [1.82, 2.24) is 9.29 Å². The van der Waals surface area contributed by atoms with E-state index < -0.39 is 15.6 Å². The monoisotopic (exact) mass is 426 g/mol. The largest absolute Gasteiger partial charge is 0.390 e. The van der Waals surface area contributed by atoms with Crippen LogP contribution >= 0.6 is 0 Å². The Bertz CT molecular complexity index is 879. The summed E-state index contributed by atoms with van der Waals surface area (Å²) < 4.78 is 34.4. The van der Waals surface area contributed by atoms with Crippen LogP contribution in [0.2, 0.25) is 0 Å². The maximum atomic E-state index is 12.8. The van der Waals surface area contributed by atoms with Crippen LogP contribution in [-0.4, -0.2) is 48.7 Å². The van der Waals surface area contributed by atoms with Gasteiger partial charge in [0.15, 0.2) is 0 Å². The number of pyridine rings is 1. The van der Waals surface area contributed by atoms with E-state index in [4.69, 9.17) is 4.74 Å². The first-order valence-corrected chi connectivity index (χ1v) is 12.4. The second kappa shape index (κ2) is 8.49. The highest BCUT2D eigenvalue weighted by Gasteiger charge is 2.35. The molecule has 0 saturated heterocycles. The average Bonchev–Trinajstić information content (AvgIpc) is 2.62. The summed E-state index contributed by atoms with van der Waals surface area (Å²) >= 11 is 0. The molecule has 7 nitrogen and oxygen atoms in total. The van der Waals surface area contributed by atoms with Gasteiger partial charge in [-0.05, 0) is 71.3 Å². The lowest BCUT2D eigenvalue weighted by molar-refractivity contribution is -0.0473. The molecule has 2 aliphatic rings. The zero-order valence-corrected chi connectivity index (χ0v) is 18.7. The number of hydrogen-bond donors (Lipinski definition) is 2. The van der Waals surface area contributed by atoms with E-state index in [9.17, 15) is 18.3 Å². The van der Waals surface area contributed by atoms with Gasteiger partial charge in [0.25, 0.3) is 5.56 Å². The van der Waals surface area contributed by atoms with Crippen LogP contribution in [0.4, 0.5) is 0 Å². The van der Waals surface area contributed by atoms with E-state index in [0.717, 1.165) is 37.6 Å². The Morgan fingerprint density at radius 1 is 1.21 bits per heavy atom. The molecule has 2 unspecified atom stereocenters.